The van der Waals surface area contributed by atoms with Crippen LogP contribution in [0.5, 0.6) is 0 Å². The van der Waals surface area contributed by atoms with Crippen molar-refractivity contribution in [2.24, 2.45) is 0 Å². The largest absolute Gasteiger partial charge is 0.444 e. The molecule has 30 heavy (non-hydrogen) atoms. The van der Waals surface area contributed by atoms with E-state index in [1.54, 1.807) is 31.7 Å². The number of halogens is 4. The molecule has 1 atom stereocenters. The monoisotopic (exact) mass is 445 g/mol. The number of likely N-dealkylation sites (tertiary alicyclic amines) is 1. The SMILES string of the molecule is CC(C)(C)OC(=O)N1CC[C@@H](Nc2cc(Cl)ncc2-c2ccn(CC(F)(F)F)n2)C1. The van der Waals surface area contributed by atoms with Gasteiger partial charge in [-0.25, -0.2) is 9.78 Å². The average Bonchev–Trinajstić information content (AvgIpc) is 3.22. The van der Waals surface area contributed by atoms with Gasteiger partial charge in [-0.15, -0.1) is 0 Å². The molecule has 1 amide bonds. The Morgan fingerprint density at radius 2 is 2.10 bits per heavy atom. The smallest absolute Gasteiger partial charge is 0.410 e. The van der Waals surface area contributed by atoms with Crippen LogP contribution < -0.4 is 5.32 Å². The predicted octanol–water partition coefficient (Wildman–Crippen LogP) is 4.58. The van der Waals surface area contributed by atoms with Gasteiger partial charge >= 0.3 is 12.3 Å². The van der Waals surface area contributed by atoms with Crippen molar-refractivity contribution in [2.45, 2.75) is 51.6 Å². The van der Waals surface area contributed by atoms with Gasteiger partial charge in [0.05, 0.1) is 5.69 Å². The Labute approximate surface area is 177 Å². The molecular weight excluding hydrogens is 423 g/mol. The fraction of sp³-hybridized carbons (Fsp3) is 0.526. The molecule has 1 aliphatic heterocycles. The number of carbonyl (C=O) groups is 1. The first-order valence-electron chi connectivity index (χ1n) is 9.40. The van der Waals surface area contributed by atoms with Crippen molar-refractivity contribution in [1.29, 1.82) is 0 Å². The molecule has 0 aliphatic carbocycles. The third-order valence-corrected chi connectivity index (χ3v) is 4.53. The number of nitrogens with zero attached hydrogens (tertiary/aromatic N) is 4. The second-order valence-corrected chi connectivity index (χ2v) is 8.51. The summed E-state index contributed by atoms with van der Waals surface area (Å²) in [5.74, 6) is 0. The lowest BCUT2D eigenvalue weighted by Gasteiger charge is -2.24. The van der Waals surface area contributed by atoms with Crippen molar-refractivity contribution in [3.63, 3.8) is 0 Å². The van der Waals surface area contributed by atoms with Crippen molar-refractivity contribution in [1.82, 2.24) is 19.7 Å². The maximum atomic E-state index is 12.6. The third kappa shape index (κ3) is 6.01. The number of alkyl halides is 3. The molecule has 11 heteroatoms. The van der Waals surface area contributed by atoms with E-state index in [-0.39, 0.29) is 17.3 Å². The molecule has 0 aromatic carbocycles. The summed E-state index contributed by atoms with van der Waals surface area (Å²) in [6, 6.07) is 3.01. The molecule has 0 bridgehead atoms. The first-order chi connectivity index (χ1) is 13.9. The molecule has 0 unspecified atom stereocenters. The number of amides is 1. The molecule has 3 heterocycles. The Morgan fingerprint density at radius 3 is 2.77 bits per heavy atom. The summed E-state index contributed by atoms with van der Waals surface area (Å²) in [6.45, 7) is 5.20. The van der Waals surface area contributed by atoms with Crippen LogP contribution in [-0.2, 0) is 11.3 Å². The molecule has 1 saturated heterocycles. The Balaban J connectivity index is 1.73. The zero-order valence-electron chi connectivity index (χ0n) is 16.8. The van der Waals surface area contributed by atoms with Gasteiger partial charge < -0.3 is 15.0 Å². The molecule has 7 nitrogen and oxygen atoms in total. The van der Waals surface area contributed by atoms with Crippen molar-refractivity contribution in [3.8, 4) is 11.3 Å². The van der Waals surface area contributed by atoms with Crippen LogP contribution in [0.25, 0.3) is 11.3 Å². The third-order valence-electron chi connectivity index (χ3n) is 4.33. The fourth-order valence-electron chi connectivity index (χ4n) is 3.12. The van der Waals surface area contributed by atoms with Crippen LogP contribution in [0.3, 0.4) is 0 Å². The molecule has 2 aromatic heterocycles. The Kier molecular flexibility index (Phi) is 6.16. The van der Waals surface area contributed by atoms with E-state index in [4.69, 9.17) is 16.3 Å². The molecule has 1 fully saturated rings. The number of anilines is 1. The second kappa shape index (κ2) is 8.33. The average molecular weight is 446 g/mol. The predicted molar refractivity (Wildman–Crippen MR) is 106 cm³/mol. The molecule has 0 radical (unpaired) electrons. The summed E-state index contributed by atoms with van der Waals surface area (Å²) in [7, 11) is 0. The standard InChI is InChI=1S/C19H23ClF3N5O2/c1-18(2,3)30-17(29)27-6-4-12(10-27)25-15-8-16(20)24-9-13(15)14-5-7-28(26-14)11-19(21,22)23/h5,7-9,12H,4,6,10-11H2,1-3H3,(H,24,25)/t12-/m1/s1. The normalized spacial score (nSPS) is 17.3. The van der Waals surface area contributed by atoms with Gasteiger partial charge in [0, 0.05) is 42.8 Å². The topological polar surface area (TPSA) is 72.3 Å². The van der Waals surface area contributed by atoms with Crippen LogP contribution in [0, 0.1) is 0 Å². The summed E-state index contributed by atoms with van der Waals surface area (Å²) >= 11 is 6.02. The molecule has 2 aromatic rings. The summed E-state index contributed by atoms with van der Waals surface area (Å²) in [4.78, 5) is 17.9. The summed E-state index contributed by atoms with van der Waals surface area (Å²) in [6.07, 6.45) is -1.34. The van der Waals surface area contributed by atoms with Crippen molar-refractivity contribution < 1.29 is 22.7 Å². The molecule has 1 N–H and O–H groups in total. The summed E-state index contributed by atoms with van der Waals surface area (Å²) in [5, 5.41) is 7.55. The van der Waals surface area contributed by atoms with Crippen LogP contribution in [0.15, 0.2) is 24.5 Å². The number of nitrogens with one attached hydrogen (secondary N) is 1. The minimum atomic E-state index is -4.36. The van der Waals surface area contributed by atoms with Crippen LogP contribution >= 0.6 is 11.6 Å². The lowest BCUT2D eigenvalue weighted by atomic mass is 10.1. The molecule has 3 rings (SSSR count). The molecule has 1 aliphatic rings. The number of ether oxygens (including phenoxy) is 1. The van der Waals surface area contributed by atoms with Crippen molar-refractivity contribution >= 4 is 23.4 Å². The maximum Gasteiger partial charge on any atom is 0.410 e. The van der Waals surface area contributed by atoms with E-state index in [9.17, 15) is 18.0 Å². The first kappa shape index (κ1) is 22.2. The minimum absolute atomic E-state index is 0.0769. The van der Waals surface area contributed by atoms with Gasteiger partial charge in [-0.05, 0) is 39.3 Å². The number of hydrogen-bond acceptors (Lipinski definition) is 5. The van der Waals surface area contributed by atoms with Gasteiger partial charge in [0.1, 0.15) is 17.3 Å². The zero-order valence-corrected chi connectivity index (χ0v) is 17.6. The Hall–Kier alpha value is -2.49. The van der Waals surface area contributed by atoms with E-state index in [2.05, 4.69) is 15.4 Å². The van der Waals surface area contributed by atoms with Crippen molar-refractivity contribution in [2.75, 3.05) is 18.4 Å². The van der Waals surface area contributed by atoms with Gasteiger partial charge in [-0.3, -0.25) is 4.68 Å². The molecule has 164 valence electrons. The van der Waals surface area contributed by atoms with Crippen LogP contribution in [-0.4, -0.2) is 56.7 Å². The Bertz CT molecular complexity index is 910. The quantitative estimate of drug-likeness (QED) is 0.697. The van der Waals surface area contributed by atoms with Crippen LogP contribution in [0.4, 0.5) is 23.7 Å². The molecule has 0 saturated carbocycles. The highest BCUT2D eigenvalue weighted by Gasteiger charge is 2.31. The van der Waals surface area contributed by atoms with Gasteiger partial charge in [-0.1, -0.05) is 11.6 Å². The van der Waals surface area contributed by atoms with Gasteiger partial charge in [0.25, 0.3) is 0 Å². The highest BCUT2D eigenvalue weighted by Crippen LogP contribution is 2.30. The van der Waals surface area contributed by atoms with E-state index in [0.29, 0.717) is 36.5 Å². The molecule has 0 spiro atoms. The number of aromatic nitrogens is 3. The maximum absolute atomic E-state index is 12.6. The number of carbonyl (C=O) groups excluding carboxylic acids is 1. The van der Waals surface area contributed by atoms with Crippen molar-refractivity contribution in [3.05, 3.63) is 29.7 Å². The van der Waals surface area contributed by atoms with Gasteiger partial charge in [-0.2, -0.15) is 18.3 Å². The van der Waals surface area contributed by atoms with Crippen LogP contribution in [0.2, 0.25) is 5.15 Å². The van der Waals surface area contributed by atoms with E-state index in [0.717, 1.165) is 4.68 Å². The summed E-state index contributed by atoms with van der Waals surface area (Å²) in [5.41, 5.74) is 0.871. The van der Waals surface area contributed by atoms with Gasteiger partial charge in [0.15, 0.2) is 0 Å². The van der Waals surface area contributed by atoms with Crippen LogP contribution in [0.1, 0.15) is 27.2 Å². The second-order valence-electron chi connectivity index (χ2n) is 8.12. The van der Waals surface area contributed by atoms with E-state index in [1.807, 2.05) is 0 Å². The zero-order chi connectivity index (χ0) is 22.1. The number of rotatable bonds is 4. The Morgan fingerprint density at radius 1 is 1.37 bits per heavy atom. The minimum Gasteiger partial charge on any atom is -0.444 e. The molecular formula is C19H23ClF3N5O2. The number of pyridine rings is 1. The highest BCUT2D eigenvalue weighted by molar-refractivity contribution is 6.29. The summed E-state index contributed by atoms with van der Waals surface area (Å²) < 4.78 is 44.1. The lowest BCUT2D eigenvalue weighted by Crippen LogP contribution is -2.36. The van der Waals surface area contributed by atoms with E-state index >= 15 is 0 Å². The van der Waals surface area contributed by atoms with E-state index in [1.165, 1.54) is 18.5 Å². The fourth-order valence-corrected chi connectivity index (χ4v) is 3.28. The van der Waals surface area contributed by atoms with E-state index < -0.39 is 18.3 Å². The lowest BCUT2D eigenvalue weighted by molar-refractivity contribution is -0.142. The highest BCUT2D eigenvalue weighted by atomic mass is 35.5. The van der Waals surface area contributed by atoms with Gasteiger partial charge in [0.2, 0.25) is 0 Å². The number of hydrogen-bond donors (Lipinski definition) is 1. The first-order valence-corrected chi connectivity index (χ1v) is 9.78.